The standard InChI is InChI=1S/C20H29N5O/c1-23-18-10-6-5-9-17(18)22-19(23)15-24-11-13-25(14-12-24)20(26)21-16-7-3-2-4-8-16/h5-6,9-10,16H,2-4,7-8,11-15H2,1H3,(H,21,26). The van der Waals surface area contributed by atoms with E-state index in [9.17, 15) is 4.79 Å². The molecule has 1 aliphatic heterocycles. The van der Waals surface area contributed by atoms with Gasteiger partial charge in [-0.05, 0) is 25.0 Å². The second-order valence-electron chi connectivity index (χ2n) is 7.62. The minimum Gasteiger partial charge on any atom is -0.335 e. The Morgan fingerprint density at radius 1 is 1.12 bits per heavy atom. The normalized spacial score (nSPS) is 19.8. The smallest absolute Gasteiger partial charge is 0.317 e. The third kappa shape index (κ3) is 3.70. The van der Waals surface area contributed by atoms with Crippen molar-refractivity contribution in [2.75, 3.05) is 26.2 Å². The molecule has 2 aromatic rings. The molecule has 0 unspecified atom stereocenters. The second-order valence-corrected chi connectivity index (χ2v) is 7.62. The lowest BCUT2D eigenvalue weighted by Crippen LogP contribution is -2.53. The van der Waals surface area contributed by atoms with Gasteiger partial charge in [0.25, 0.3) is 0 Å². The molecular weight excluding hydrogens is 326 g/mol. The molecule has 140 valence electrons. The molecule has 2 amide bonds. The Labute approximate surface area is 155 Å². The van der Waals surface area contributed by atoms with Crippen LogP contribution in [0.3, 0.4) is 0 Å². The highest BCUT2D eigenvalue weighted by Crippen LogP contribution is 2.18. The van der Waals surface area contributed by atoms with E-state index < -0.39 is 0 Å². The van der Waals surface area contributed by atoms with Crippen molar-refractivity contribution in [2.24, 2.45) is 7.05 Å². The molecule has 0 atom stereocenters. The zero-order valence-corrected chi connectivity index (χ0v) is 15.7. The Bertz CT molecular complexity index is 757. The van der Waals surface area contributed by atoms with Crippen molar-refractivity contribution >= 4 is 17.1 Å². The zero-order valence-electron chi connectivity index (χ0n) is 15.7. The number of hydrogen-bond acceptors (Lipinski definition) is 3. The van der Waals surface area contributed by atoms with Crippen molar-refractivity contribution < 1.29 is 4.79 Å². The molecular formula is C20H29N5O. The van der Waals surface area contributed by atoms with Crippen LogP contribution in [0, 0.1) is 0 Å². The summed E-state index contributed by atoms with van der Waals surface area (Å²) in [4.78, 5) is 21.6. The highest BCUT2D eigenvalue weighted by atomic mass is 16.2. The second kappa shape index (κ2) is 7.66. The molecule has 1 aromatic heterocycles. The van der Waals surface area contributed by atoms with Gasteiger partial charge in [-0.25, -0.2) is 9.78 Å². The van der Waals surface area contributed by atoms with E-state index in [1.807, 2.05) is 11.0 Å². The number of carbonyl (C=O) groups excluding carboxylic acids is 1. The molecule has 1 N–H and O–H groups in total. The number of imidazole rings is 1. The van der Waals surface area contributed by atoms with Crippen LogP contribution in [-0.2, 0) is 13.6 Å². The van der Waals surface area contributed by atoms with E-state index in [1.54, 1.807) is 0 Å². The van der Waals surface area contributed by atoms with Gasteiger partial charge in [-0.3, -0.25) is 4.90 Å². The van der Waals surface area contributed by atoms with Crippen molar-refractivity contribution in [1.29, 1.82) is 0 Å². The first-order valence-electron chi connectivity index (χ1n) is 9.89. The van der Waals surface area contributed by atoms with Gasteiger partial charge < -0.3 is 14.8 Å². The summed E-state index contributed by atoms with van der Waals surface area (Å²) in [6.45, 7) is 4.23. The SMILES string of the molecule is Cn1c(CN2CCN(C(=O)NC3CCCCC3)CC2)nc2ccccc21. The van der Waals surface area contributed by atoms with Gasteiger partial charge in [0, 0.05) is 39.3 Å². The number of urea groups is 1. The molecule has 1 saturated heterocycles. The fourth-order valence-corrected chi connectivity index (χ4v) is 4.16. The van der Waals surface area contributed by atoms with Gasteiger partial charge in [0.05, 0.1) is 17.6 Å². The molecule has 2 fully saturated rings. The number of piperazine rings is 1. The van der Waals surface area contributed by atoms with E-state index in [0.29, 0.717) is 6.04 Å². The van der Waals surface area contributed by atoms with E-state index in [4.69, 9.17) is 4.98 Å². The molecule has 1 aromatic carbocycles. The van der Waals surface area contributed by atoms with Crippen molar-refractivity contribution in [1.82, 2.24) is 24.7 Å². The first-order valence-corrected chi connectivity index (χ1v) is 9.89. The van der Waals surface area contributed by atoms with Gasteiger partial charge in [-0.2, -0.15) is 0 Å². The topological polar surface area (TPSA) is 53.4 Å². The van der Waals surface area contributed by atoms with Crippen LogP contribution in [-0.4, -0.2) is 57.6 Å². The first kappa shape index (κ1) is 17.3. The van der Waals surface area contributed by atoms with E-state index in [-0.39, 0.29) is 6.03 Å². The lowest BCUT2D eigenvalue weighted by Gasteiger charge is -2.35. The molecule has 2 aliphatic rings. The number of rotatable bonds is 3. The van der Waals surface area contributed by atoms with E-state index in [0.717, 1.165) is 56.9 Å². The lowest BCUT2D eigenvalue weighted by atomic mass is 9.96. The fraction of sp³-hybridized carbons (Fsp3) is 0.600. The Kier molecular flexibility index (Phi) is 5.11. The third-order valence-electron chi connectivity index (χ3n) is 5.84. The highest BCUT2D eigenvalue weighted by Gasteiger charge is 2.24. The molecule has 0 radical (unpaired) electrons. The number of aromatic nitrogens is 2. The van der Waals surface area contributed by atoms with Crippen LogP contribution >= 0.6 is 0 Å². The fourth-order valence-electron chi connectivity index (χ4n) is 4.16. The lowest BCUT2D eigenvalue weighted by molar-refractivity contribution is 0.129. The molecule has 0 bridgehead atoms. The quantitative estimate of drug-likeness (QED) is 0.921. The average Bonchev–Trinajstić information content (AvgIpc) is 2.99. The van der Waals surface area contributed by atoms with E-state index in [1.165, 1.54) is 24.8 Å². The Balaban J connectivity index is 1.30. The van der Waals surface area contributed by atoms with Crippen molar-refractivity contribution in [3.8, 4) is 0 Å². The number of carbonyl (C=O) groups is 1. The van der Waals surface area contributed by atoms with Gasteiger partial charge >= 0.3 is 6.03 Å². The molecule has 6 nitrogen and oxygen atoms in total. The van der Waals surface area contributed by atoms with Crippen molar-refractivity contribution in [3.63, 3.8) is 0 Å². The van der Waals surface area contributed by atoms with Gasteiger partial charge in [-0.15, -0.1) is 0 Å². The van der Waals surface area contributed by atoms with E-state index in [2.05, 4.69) is 40.0 Å². The summed E-state index contributed by atoms with van der Waals surface area (Å²) in [7, 11) is 2.08. The predicted molar refractivity (Wildman–Crippen MR) is 103 cm³/mol. The van der Waals surface area contributed by atoms with Crippen LogP contribution in [0.1, 0.15) is 37.9 Å². The summed E-state index contributed by atoms with van der Waals surface area (Å²) in [5, 5.41) is 3.23. The molecule has 6 heteroatoms. The predicted octanol–water partition coefficient (Wildman–Crippen LogP) is 2.73. The summed E-state index contributed by atoms with van der Waals surface area (Å²) in [5.41, 5.74) is 2.23. The molecule has 1 aliphatic carbocycles. The maximum Gasteiger partial charge on any atom is 0.317 e. The molecule has 0 spiro atoms. The Morgan fingerprint density at radius 2 is 1.85 bits per heavy atom. The highest BCUT2D eigenvalue weighted by molar-refractivity contribution is 5.76. The Hall–Kier alpha value is -2.08. The van der Waals surface area contributed by atoms with Crippen LogP contribution < -0.4 is 5.32 Å². The first-order chi connectivity index (χ1) is 12.7. The Morgan fingerprint density at radius 3 is 2.58 bits per heavy atom. The number of para-hydroxylation sites is 2. The summed E-state index contributed by atoms with van der Waals surface area (Å²) in [6, 6.07) is 8.76. The van der Waals surface area contributed by atoms with Crippen LogP contribution in [0.4, 0.5) is 4.79 Å². The molecule has 2 heterocycles. The zero-order chi connectivity index (χ0) is 17.9. The maximum absolute atomic E-state index is 12.5. The summed E-state index contributed by atoms with van der Waals surface area (Å²) in [5.74, 6) is 1.09. The number of benzene rings is 1. The third-order valence-corrected chi connectivity index (χ3v) is 5.84. The largest absolute Gasteiger partial charge is 0.335 e. The number of hydrogen-bond donors (Lipinski definition) is 1. The van der Waals surface area contributed by atoms with Crippen LogP contribution in [0.2, 0.25) is 0 Å². The maximum atomic E-state index is 12.5. The van der Waals surface area contributed by atoms with Crippen LogP contribution in [0.15, 0.2) is 24.3 Å². The monoisotopic (exact) mass is 355 g/mol. The minimum atomic E-state index is 0.124. The van der Waals surface area contributed by atoms with Gasteiger partial charge in [0.1, 0.15) is 5.82 Å². The van der Waals surface area contributed by atoms with Gasteiger partial charge in [0.15, 0.2) is 0 Å². The number of nitrogens with one attached hydrogen (secondary N) is 1. The molecule has 26 heavy (non-hydrogen) atoms. The average molecular weight is 355 g/mol. The molecule has 4 rings (SSSR count). The van der Waals surface area contributed by atoms with Crippen molar-refractivity contribution in [2.45, 2.75) is 44.7 Å². The molecule has 1 saturated carbocycles. The number of fused-ring (bicyclic) bond motifs is 1. The van der Waals surface area contributed by atoms with E-state index >= 15 is 0 Å². The van der Waals surface area contributed by atoms with Crippen LogP contribution in [0.25, 0.3) is 11.0 Å². The summed E-state index contributed by atoms with van der Waals surface area (Å²) < 4.78 is 2.18. The van der Waals surface area contributed by atoms with Gasteiger partial charge in [-0.1, -0.05) is 31.4 Å². The summed E-state index contributed by atoms with van der Waals surface area (Å²) in [6.07, 6.45) is 6.08. The summed E-state index contributed by atoms with van der Waals surface area (Å²) >= 11 is 0. The number of aryl methyl sites for hydroxylation is 1. The van der Waals surface area contributed by atoms with Crippen molar-refractivity contribution in [3.05, 3.63) is 30.1 Å². The number of nitrogens with zero attached hydrogens (tertiary/aromatic N) is 4. The number of amides is 2. The minimum absolute atomic E-state index is 0.124. The van der Waals surface area contributed by atoms with Gasteiger partial charge in [0.2, 0.25) is 0 Å². The van der Waals surface area contributed by atoms with Crippen LogP contribution in [0.5, 0.6) is 0 Å².